The fraction of sp³-hybridized carbons (Fsp3) is 0.262. The van der Waals surface area contributed by atoms with Crippen LogP contribution < -0.4 is 30.8 Å². The van der Waals surface area contributed by atoms with Gasteiger partial charge in [0.1, 0.15) is 5.75 Å². The summed E-state index contributed by atoms with van der Waals surface area (Å²) in [6.07, 6.45) is -2.42. The first-order valence-corrected chi connectivity index (χ1v) is 18.6. The lowest BCUT2D eigenvalue weighted by Gasteiger charge is -2.32. The molecule has 1 aliphatic heterocycles. The third-order valence-electron chi connectivity index (χ3n) is 9.75. The topological polar surface area (TPSA) is 133 Å². The van der Waals surface area contributed by atoms with Crippen molar-refractivity contribution in [3.05, 3.63) is 141 Å². The van der Waals surface area contributed by atoms with E-state index in [-0.39, 0.29) is 29.4 Å². The van der Waals surface area contributed by atoms with Crippen LogP contribution >= 0.6 is 0 Å². The van der Waals surface area contributed by atoms with Crippen LogP contribution in [0, 0.1) is 5.82 Å². The molecule has 0 spiro atoms. The molecule has 0 aliphatic carbocycles. The van der Waals surface area contributed by atoms with E-state index in [0.717, 1.165) is 57.3 Å². The number of carbonyl (C=O) groups is 1. The number of ether oxygens (including phenoxy) is 3. The molecule has 2 aromatic heterocycles. The Morgan fingerprint density at radius 3 is 2.37 bits per heavy atom. The number of nitrogens with zero attached hydrogens (tertiary/aromatic N) is 6. The third kappa shape index (κ3) is 9.42. The van der Waals surface area contributed by atoms with Crippen molar-refractivity contribution in [3.8, 4) is 28.7 Å². The van der Waals surface area contributed by atoms with Crippen molar-refractivity contribution < 1.29 is 36.6 Å². The zero-order chi connectivity index (χ0) is 41.7. The van der Waals surface area contributed by atoms with Crippen LogP contribution in [-0.4, -0.2) is 88.5 Å². The summed E-state index contributed by atoms with van der Waals surface area (Å²) < 4.78 is 75.2. The summed E-state index contributed by atoms with van der Waals surface area (Å²) in [7, 11) is 3.63. The monoisotopic (exact) mass is 813 g/mol. The van der Waals surface area contributed by atoms with Crippen LogP contribution in [0.15, 0.2) is 107 Å². The van der Waals surface area contributed by atoms with Gasteiger partial charge in [-0.3, -0.25) is 19.1 Å². The fourth-order valence-electron chi connectivity index (χ4n) is 6.55. The predicted octanol–water partition coefficient (Wildman–Crippen LogP) is 6.22. The second kappa shape index (κ2) is 17.5. The summed E-state index contributed by atoms with van der Waals surface area (Å²) >= 11 is 0. The van der Waals surface area contributed by atoms with Crippen molar-refractivity contribution in [2.24, 2.45) is 0 Å². The Kier molecular flexibility index (Phi) is 12.0. The Bertz CT molecular complexity index is 2590. The highest BCUT2D eigenvalue weighted by Gasteiger charge is 2.31. The first-order valence-electron chi connectivity index (χ1n) is 18.6. The van der Waals surface area contributed by atoms with Gasteiger partial charge in [-0.15, -0.1) is 0 Å². The number of alkyl halides is 3. The maximum atomic E-state index is 15.6. The van der Waals surface area contributed by atoms with Crippen molar-refractivity contribution in [1.29, 1.82) is 0 Å². The highest BCUT2D eigenvalue weighted by atomic mass is 19.4. The molecule has 17 heteroatoms. The number of anilines is 1. The van der Waals surface area contributed by atoms with Crippen LogP contribution in [0.5, 0.6) is 23.0 Å². The first kappa shape index (κ1) is 40.6. The predicted molar refractivity (Wildman–Crippen MR) is 211 cm³/mol. The lowest BCUT2D eigenvalue weighted by molar-refractivity contribution is -0.137. The van der Waals surface area contributed by atoms with Crippen LogP contribution in [0.25, 0.3) is 16.6 Å². The molecule has 0 atom stereocenters. The van der Waals surface area contributed by atoms with Gasteiger partial charge in [0.25, 0.3) is 11.5 Å². The molecule has 0 radical (unpaired) electrons. The Balaban J connectivity index is 1.10. The molecule has 1 aliphatic rings. The quantitative estimate of drug-likeness (QED) is 0.106. The van der Waals surface area contributed by atoms with E-state index < -0.39 is 40.4 Å². The molecule has 1 saturated heterocycles. The number of methoxy groups -OCH3 is 1. The molecule has 13 nitrogen and oxygen atoms in total. The van der Waals surface area contributed by atoms with Gasteiger partial charge >= 0.3 is 11.9 Å². The molecule has 59 heavy (non-hydrogen) atoms. The Hall–Kier alpha value is -6.59. The molecule has 3 heterocycles. The van der Waals surface area contributed by atoms with E-state index in [4.69, 9.17) is 14.2 Å². The van der Waals surface area contributed by atoms with Crippen LogP contribution in [-0.2, 0) is 12.7 Å². The molecule has 1 N–H and O–H groups in total. The zero-order valence-corrected chi connectivity index (χ0v) is 32.0. The van der Waals surface area contributed by atoms with Gasteiger partial charge in [0.05, 0.1) is 37.0 Å². The molecule has 0 unspecified atom stereocenters. The van der Waals surface area contributed by atoms with E-state index in [2.05, 4.69) is 32.2 Å². The van der Waals surface area contributed by atoms with E-state index >= 15 is 4.39 Å². The summed E-state index contributed by atoms with van der Waals surface area (Å²) in [5.74, 6) is -1.05. The molecule has 6 aromatic rings. The lowest BCUT2D eigenvalue weighted by Crippen LogP contribution is -2.45. The second-order valence-electron chi connectivity index (χ2n) is 13.8. The normalized spacial score (nSPS) is 13.7. The average Bonchev–Trinajstić information content (AvgIpc) is 3.22. The molecule has 1 fully saturated rings. The van der Waals surface area contributed by atoms with Crippen molar-refractivity contribution in [2.75, 3.05) is 58.8 Å². The number of nitrogens with one attached hydrogen (secondary N) is 1. The van der Waals surface area contributed by atoms with Gasteiger partial charge in [-0.1, -0.05) is 36.4 Å². The summed E-state index contributed by atoms with van der Waals surface area (Å²) in [6.45, 7) is 5.17. The van der Waals surface area contributed by atoms with Crippen molar-refractivity contribution >= 4 is 22.5 Å². The van der Waals surface area contributed by atoms with Crippen LogP contribution in [0.4, 0.5) is 23.2 Å². The number of likely N-dealkylation sites (N-methyl/N-ethyl adjacent to an activating group) is 1. The molecule has 0 saturated carbocycles. The smallest absolute Gasteiger partial charge is 0.416 e. The number of halogens is 4. The molecule has 1 amide bonds. The lowest BCUT2D eigenvalue weighted by atomic mass is 10.1. The average molecular weight is 814 g/mol. The minimum Gasteiger partial charge on any atom is -0.493 e. The summed E-state index contributed by atoms with van der Waals surface area (Å²) in [4.78, 5) is 49.9. The molecular weight excluding hydrogens is 774 g/mol. The van der Waals surface area contributed by atoms with Crippen LogP contribution in [0.1, 0.15) is 28.0 Å². The first-order chi connectivity index (χ1) is 28.4. The van der Waals surface area contributed by atoms with E-state index in [1.54, 1.807) is 48.5 Å². The maximum absolute atomic E-state index is 15.6. The molecule has 306 valence electrons. The Morgan fingerprint density at radius 1 is 0.864 bits per heavy atom. The van der Waals surface area contributed by atoms with E-state index in [1.165, 1.54) is 31.5 Å². The number of pyridine rings is 1. The minimum absolute atomic E-state index is 0.108. The maximum Gasteiger partial charge on any atom is 0.416 e. The SMILES string of the molecule is COc1cc2c(Oc3ccc(NC(=O)c4nn(-c5cccc(C(F)(F)F)c5)c(=O)n(Cc5ccccc5)c4=O)cc3F)ccnc2cc1OCCCN1CCN(C)CC1. The van der Waals surface area contributed by atoms with Gasteiger partial charge in [-0.25, -0.2) is 9.18 Å². The van der Waals surface area contributed by atoms with E-state index in [0.29, 0.717) is 49.9 Å². The summed E-state index contributed by atoms with van der Waals surface area (Å²) in [5.41, 5.74) is -3.53. The number of benzene rings is 4. The number of piperazine rings is 1. The number of hydrogen-bond acceptors (Lipinski definition) is 10. The number of aromatic nitrogens is 4. The number of carbonyl (C=O) groups excluding carboxylic acids is 1. The largest absolute Gasteiger partial charge is 0.493 e. The minimum atomic E-state index is -4.75. The molecular formula is C42H39F4N7O6. The van der Waals surface area contributed by atoms with Crippen LogP contribution in [0.3, 0.4) is 0 Å². The number of amides is 1. The second-order valence-corrected chi connectivity index (χ2v) is 13.8. The highest BCUT2D eigenvalue weighted by molar-refractivity contribution is 6.02. The molecule has 4 aromatic carbocycles. The van der Waals surface area contributed by atoms with Gasteiger partial charge in [0.15, 0.2) is 23.1 Å². The fourth-order valence-corrected chi connectivity index (χ4v) is 6.55. The standard InChI is InChI=1S/C42H39F4N7O6/c1-50-17-19-51(20-18-50)16-7-21-58-37-25-33-31(24-36(37)57-2)34(14-15-47-33)59-35-13-12-29(23-32(35)43)48-39(54)38-40(55)52(26-27-8-4-3-5-9-27)41(56)53(49-38)30-11-6-10-28(22-30)42(44,45)46/h3-6,8-15,22-25H,7,16-21,26H2,1-2H3,(H,48,54). The van der Waals surface area contributed by atoms with Crippen molar-refractivity contribution in [3.63, 3.8) is 0 Å². The van der Waals surface area contributed by atoms with Crippen molar-refractivity contribution in [1.82, 2.24) is 29.1 Å². The van der Waals surface area contributed by atoms with E-state index in [1.807, 2.05) is 0 Å². The number of fused-ring (bicyclic) bond motifs is 1. The van der Waals surface area contributed by atoms with Gasteiger partial charge in [0, 0.05) is 62.1 Å². The highest BCUT2D eigenvalue weighted by Crippen LogP contribution is 2.38. The van der Waals surface area contributed by atoms with Gasteiger partial charge in [0.2, 0.25) is 5.69 Å². The van der Waals surface area contributed by atoms with E-state index in [9.17, 15) is 27.6 Å². The van der Waals surface area contributed by atoms with Gasteiger partial charge < -0.3 is 29.3 Å². The zero-order valence-electron chi connectivity index (χ0n) is 32.0. The Morgan fingerprint density at radius 2 is 1.64 bits per heavy atom. The molecule has 0 bridgehead atoms. The van der Waals surface area contributed by atoms with Gasteiger partial charge in [-0.2, -0.15) is 23.0 Å². The summed E-state index contributed by atoms with van der Waals surface area (Å²) in [5, 5.41) is 6.81. The van der Waals surface area contributed by atoms with Crippen molar-refractivity contribution in [2.45, 2.75) is 19.1 Å². The Labute approximate surface area is 335 Å². The molecule has 7 rings (SSSR count). The van der Waals surface area contributed by atoms with Crippen LogP contribution in [0.2, 0.25) is 0 Å². The van der Waals surface area contributed by atoms with Gasteiger partial charge in [-0.05, 0) is 61.5 Å². The number of hydrogen-bond donors (Lipinski definition) is 1. The third-order valence-corrected chi connectivity index (χ3v) is 9.75. The summed E-state index contributed by atoms with van der Waals surface area (Å²) in [6, 6.07) is 20.5. The number of rotatable bonds is 13.